The second-order valence-corrected chi connectivity index (χ2v) is 5.38. The molecule has 8 N–H and O–H groups in total. The molecule has 2 amide bonds. The van der Waals surface area contributed by atoms with Crippen molar-refractivity contribution in [1.29, 1.82) is 0 Å². The third kappa shape index (κ3) is 7.22. The van der Waals surface area contributed by atoms with E-state index in [2.05, 4.69) is 10.5 Å². The lowest BCUT2D eigenvalue weighted by Crippen LogP contribution is -2.46. The lowest BCUT2D eigenvalue weighted by Gasteiger charge is -2.23. The largest absolute Gasteiger partial charge is 0.394 e. The Morgan fingerprint density at radius 3 is 2.48 bits per heavy atom. The Labute approximate surface area is 153 Å². The first-order chi connectivity index (χ1) is 12.8. The van der Waals surface area contributed by atoms with Gasteiger partial charge in [0.2, 0.25) is 0 Å². The van der Waals surface area contributed by atoms with Crippen molar-refractivity contribution in [3.8, 4) is 0 Å². The molecular weight excluding hydrogens is 362 g/mol. The SMILES string of the molecule is O=C(/C=C/c1cccc(C(=O)N/N=C/[C@@H](O)[C@@H](O)[C@H](O)[C@H](O)CO)c1)NO. The predicted octanol–water partition coefficient (Wildman–Crippen LogP) is -2.64. The van der Waals surface area contributed by atoms with Crippen LogP contribution in [-0.4, -0.2) is 79.8 Å². The number of hydrogen-bond donors (Lipinski definition) is 8. The molecule has 11 nitrogen and oxygen atoms in total. The predicted molar refractivity (Wildman–Crippen MR) is 92.5 cm³/mol. The highest BCUT2D eigenvalue weighted by Crippen LogP contribution is 2.07. The molecule has 11 heteroatoms. The smallest absolute Gasteiger partial charge is 0.271 e. The Morgan fingerprint density at radius 1 is 1.15 bits per heavy atom. The van der Waals surface area contributed by atoms with Gasteiger partial charge in [0.1, 0.15) is 24.4 Å². The van der Waals surface area contributed by atoms with Crippen molar-refractivity contribution in [2.75, 3.05) is 6.61 Å². The number of nitrogens with zero attached hydrogens (tertiary/aromatic N) is 1. The Balaban J connectivity index is 2.67. The highest BCUT2D eigenvalue weighted by Gasteiger charge is 2.29. The van der Waals surface area contributed by atoms with Gasteiger partial charge in [-0.15, -0.1) is 0 Å². The summed E-state index contributed by atoms with van der Waals surface area (Å²) < 4.78 is 0. The molecule has 0 aliphatic heterocycles. The summed E-state index contributed by atoms with van der Waals surface area (Å²) in [6, 6.07) is 6.04. The number of benzene rings is 1. The van der Waals surface area contributed by atoms with Crippen LogP contribution in [0.15, 0.2) is 35.4 Å². The Morgan fingerprint density at radius 2 is 1.85 bits per heavy atom. The molecule has 0 aromatic heterocycles. The maximum atomic E-state index is 12.0. The lowest BCUT2D eigenvalue weighted by molar-refractivity contribution is -0.124. The highest BCUT2D eigenvalue weighted by molar-refractivity contribution is 5.95. The van der Waals surface area contributed by atoms with Crippen LogP contribution in [0.5, 0.6) is 0 Å². The second kappa shape index (κ2) is 11.1. The zero-order chi connectivity index (χ0) is 20.4. The summed E-state index contributed by atoms with van der Waals surface area (Å²) in [5, 5.41) is 58.4. The maximum Gasteiger partial charge on any atom is 0.271 e. The molecule has 1 rings (SSSR count). The number of aliphatic hydroxyl groups excluding tert-OH is 5. The van der Waals surface area contributed by atoms with E-state index in [9.17, 15) is 30.0 Å². The molecule has 1 aromatic rings. The lowest BCUT2D eigenvalue weighted by atomic mass is 10.0. The van der Waals surface area contributed by atoms with E-state index in [-0.39, 0.29) is 5.56 Å². The number of hydrazone groups is 1. The van der Waals surface area contributed by atoms with Gasteiger partial charge in [-0.3, -0.25) is 14.8 Å². The molecule has 148 valence electrons. The molecule has 4 atom stereocenters. The maximum absolute atomic E-state index is 12.0. The summed E-state index contributed by atoms with van der Waals surface area (Å²) in [4.78, 5) is 22.9. The van der Waals surface area contributed by atoms with Crippen molar-refractivity contribution in [3.05, 3.63) is 41.5 Å². The molecule has 0 fully saturated rings. The van der Waals surface area contributed by atoms with Gasteiger partial charge in [0.15, 0.2) is 0 Å². The van der Waals surface area contributed by atoms with Crippen LogP contribution in [0.3, 0.4) is 0 Å². The molecule has 0 bridgehead atoms. The summed E-state index contributed by atoms with van der Waals surface area (Å²) in [5.74, 6) is -1.40. The summed E-state index contributed by atoms with van der Waals surface area (Å²) >= 11 is 0. The Hall–Kier alpha value is -2.67. The van der Waals surface area contributed by atoms with E-state index in [1.54, 1.807) is 12.1 Å². The van der Waals surface area contributed by atoms with Crippen LogP contribution in [0.25, 0.3) is 6.08 Å². The third-order valence-corrected chi connectivity index (χ3v) is 3.36. The number of hydrogen-bond acceptors (Lipinski definition) is 9. The number of amides is 2. The first-order valence-corrected chi connectivity index (χ1v) is 7.69. The van der Waals surface area contributed by atoms with Gasteiger partial charge >= 0.3 is 0 Å². The van der Waals surface area contributed by atoms with Crippen LogP contribution in [0, 0.1) is 0 Å². The Bertz CT molecular complexity index is 694. The van der Waals surface area contributed by atoms with Crippen molar-refractivity contribution in [2.24, 2.45) is 5.10 Å². The van der Waals surface area contributed by atoms with Crippen molar-refractivity contribution in [1.82, 2.24) is 10.9 Å². The Kier molecular flexibility index (Phi) is 9.22. The normalized spacial score (nSPS) is 16.1. The fourth-order valence-corrected chi connectivity index (χ4v) is 1.86. The van der Waals surface area contributed by atoms with Gasteiger partial charge in [0.05, 0.1) is 12.8 Å². The average Bonchev–Trinajstić information content (AvgIpc) is 2.69. The molecular formula is C16H21N3O8. The van der Waals surface area contributed by atoms with Gasteiger partial charge < -0.3 is 25.5 Å². The number of carbonyl (C=O) groups is 2. The topological polar surface area (TPSA) is 192 Å². The molecule has 0 radical (unpaired) electrons. The van der Waals surface area contributed by atoms with E-state index >= 15 is 0 Å². The number of nitrogens with one attached hydrogen (secondary N) is 2. The van der Waals surface area contributed by atoms with E-state index in [1.807, 2.05) is 0 Å². The molecule has 0 aliphatic rings. The molecule has 0 aliphatic carbocycles. The van der Waals surface area contributed by atoms with Gasteiger partial charge in [-0.25, -0.2) is 10.9 Å². The van der Waals surface area contributed by atoms with Crippen molar-refractivity contribution >= 4 is 24.1 Å². The number of carbonyl (C=O) groups excluding carboxylic acids is 2. The van der Waals surface area contributed by atoms with Gasteiger partial charge in [-0.1, -0.05) is 12.1 Å². The standard InChI is InChI=1S/C16H21N3O8/c20-8-12(22)15(25)14(24)11(21)7-17-18-16(26)10-3-1-2-9(6-10)4-5-13(23)19-27/h1-7,11-12,14-15,20-22,24-25,27H,8H2,(H,18,26)(H,19,23)/b5-4+,17-7+/t11-,12-,14-,15-/m1/s1. The number of aliphatic hydroxyl groups is 5. The molecule has 0 saturated carbocycles. The summed E-state index contributed by atoms with van der Waals surface area (Å²) in [7, 11) is 0. The summed E-state index contributed by atoms with van der Waals surface area (Å²) in [5.41, 5.74) is 4.18. The van der Waals surface area contributed by atoms with E-state index in [0.717, 1.165) is 12.3 Å². The van der Waals surface area contributed by atoms with Crippen LogP contribution < -0.4 is 10.9 Å². The molecule has 0 unspecified atom stereocenters. The minimum absolute atomic E-state index is 0.171. The van der Waals surface area contributed by atoms with Crippen LogP contribution >= 0.6 is 0 Å². The zero-order valence-electron chi connectivity index (χ0n) is 14.0. The van der Waals surface area contributed by atoms with Crippen molar-refractivity contribution in [2.45, 2.75) is 24.4 Å². The van der Waals surface area contributed by atoms with Gasteiger partial charge in [0, 0.05) is 11.6 Å². The van der Waals surface area contributed by atoms with E-state index in [1.165, 1.54) is 23.7 Å². The molecule has 27 heavy (non-hydrogen) atoms. The quantitative estimate of drug-likeness (QED) is 0.0981. The van der Waals surface area contributed by atoms with Crippen LogP contribution in [0.4, 0.5) is 0 Å². The molecule has 1 aromatic carbocycles. The molecule has 0 heterocycles. The summed E-state index contributed by atoms with van der Waals surface area (Å²) in [6.45, 7) is -0.816. The van der Waals surface area contributed by atoms with Gasteiger partial charge in [-0.2, -0.15) is 5.10 Å². The van der Waals surface area contributed by atoms with E-state index in [4.69, 9.17) is 10.3 Å². The van der Waals surface area contributed by atoms with E-state index < -0.39 is 42.8 Å². The van der Waals surface area contributed by atoms with Gasteiger partial charge in [0.25, 0.3) is 11.8 Å². The van der Waals surface area contributed by atoms with Crippen LogP contribution in [0.1, 0.15) is 15.9 Å². The van der Waals surface area contributed by atoms with Gasteiger partial charge in [-0.05, 0) is 23.8 Å². The zero-order valence-corrected chi connectivity index (χ0v) is 14.0. The fourth-order valence-electron chi connectivity index (χ4n) is 1.86. The summed E-state index contributed by atoms with van der Waals surface area (Å²) in [6.07, 6.45) is -3.86. The van der Waals surface area contributed by atoms with Crippen molar-refractivity contribution < 1.29 is 40.3 Å². The molecule has 0 spiro atoms. The fraction of sp³-hybridized carbons (Fsp3) is 0.312. The highest BCUT2D eigenvalue weighted by atomic mass is 16.5. The first kappa shape index (κ1) is 22.4. The van der Waals surface area contributed by atoms with Crippen LogP contribution in [-0.2, 0) is 4.79 Å². The van der Waals surface area contributed by atoms with Crippen LogP contribution in [0.2, 0.25) is 0 Å². The van der Waals surface area contributed by atoms with E-state index in [0.29, 0.717) is 5.56 Å². The third-order valence-electron chi connectivity index (χ3n) is 3.36. The molecule has 0 saturated heterocycles. The second-order valence-electron chi connectivity index (χ2n) is 5.38. The minimum Gasteiger partial charge on any atom is -0.394 e. The number of hydroxylamine groups is 1. The monoisotopic (exact) mass is 383 g/mol. The first-order valence-electron chi connectivity index (χ1n) is 7.69. The van der Waals surface area contributed by atoms with Crippen molar-refractivity contribution in [3.63, 3.8) is 0 Å². The number of rotatable bonds is 9. The minimum atomic E-state index is -1.83. The average molecular weight is 383 g/mol.